The van der Waals surface area contributed by atoms with Crippen molar-refractivity contribution in [3.63, 3.8) is 0 Å². The van der Waals surface area contributed by atoms with E-state index < -0.39 is 0 Å². The van der Waals surface area contributed by atoms with E-state index in [-0.39, 0.29) is 11.5 Å². The van der Waals surface area contributed by atoms with E-state index in [2.05, 4.69) is 54.4 Å². The van der Waals surface area contributed by atoms with Crippen molar-refractivity contribution in [1.82, 2.24) is 0 Å². The second-order valence-corrected chi connectivity index (χ2v) is 15.7. The zero-order valence-electron chi connectivity index (χ0n) is 25.0. The molecule has 6 saturated carbocycles. The predicted octanol–water partition coefficient (Wildman–Crippen LogP) is 8.04. The van der Waals surface area contributed by atoms with Crippen LogP contribution in [-0.2, 0) is 4.79 Å². The van der Waals surface area contributed by atoms with Crippen LogP contribution in [0.15, 0.2) is 54.6 Å². The Hall–Kier alpha value is -1.87. The first-order valence-electron chi connectivity index (χ1n) is 17.5. The molecular formula is C38H52N2O. The van der Waals surface area contributed by atoms with E-state index in [9.17, 15) is 4.79 Å². The summed E-state index contributed by atoms with van der Waals surface area (Å²) in [7, 11) is 0. The molecule has 0 radical (unpaired) electrons. The van der Waals surface area contributed by atoms with Gasteiger partial charge in [-0.2, -0.15) is 0 Å². The van der Waals surface area contributed by atoms with Gasteiger partial charge in [0, 0.05) is 17.1 Å². The molecule has 41 heavy (non-hydrogen) atoms. The van der Waals surface area contributed by atoms with Crippen molar-refractivity contribution in [2.45, 2.75) is 95.6 Å². The van der Waals surface area contributed by atoms with Crippen LogP contribution in [0, 0.1) is 70.5 Å². The highest BCUT2D eigenvalue weighted by Crippen LogP contribution is 2.76. The topological polar surface area (TPSA) is 55.1 Å². The first kappa shape index (κ1) is 26.7. The highest BCUT2D eigenvalue weighted by molar-refractivity contribution is 5.61. The van der Waals surface area contributed by atoms with Gasteiger partial charge in [0.25, 0.3) is 0 Å². The number of benzene rings is 1. The Labute approximate surface area is 248 Å². The number of fused-ring (bicyclic) bond motifs is 6. The molecule has 8 rings (SSSR count). The fourth-order valence-electron chi connectivity index (χ4n) is 12.8. The van der Waals surface area contributed by atoms with Gasteiger partial charge in [0.15, 0.2) is 0 Å². The number of aldehydes is 1. The average Bonchev–Trinajstić information content (AvgIpc) is 3.28. The van der Waals surface area contributed by atoms with Crippen molar-refractivity contribution in [3.05, 3.63) is 54.6 Å². The highest BCUT2D eigenvalue weighted by atomic mass is 16.1. The molecule has 0 bridgehead atoms. The number of carbonyl (C=O) groups excluding carboxylic acids is 1. The molecule has 1 aromatic rings. The minimum absolute atomic E-state index is 0.00627. The third kappa shape index (κ3) is 4.18. The van der Waals surface area contributed by atoms with Crippen LogP contribution in [0.1, 0.15) is 83.5 Å². The van der Waals surface area contributed by atoms with E-state index in [0.717, 1.165) is 48.2 Å². The summed E-state index contributed by atoms with van der Waals surface area (Å²) in [6.07, 6.45) is 23.9. The van der Waals surface area contributed by atoms with Gasteiger partial charge in [0.1, 0.15) is 6.29 Å². The standard InChI is InChI=1S/C38H52N2O/c1-23-12-16-34-37(33-20-25(19-31(23)33)24-8-4-2-5-9-24)38(34,36(39)22-41)27-13-14-29-26(18-27)21-32-30(29)15-17-35(32)40-28-10-6-3-7-11-28/h3,6-7,10-11,13-14,22,24-27,29-37,40H,1-2,4-5,8-9,12,15-21,39H2/t25-,26+,27-,29+,30-,31+,32-,33+,34+,35-,36-,37-,38+/m0/s1. The minimum atomic E-state index is -0.321. The molecule has 0 aliphatic heterocycles. The number of rotatable bonds is 6. The number of hydrogen-bond donors (Lipinski definition) is 2. The third-order valence-electron chi connectivity index (χ3n) is 14.4. The van der Waals surface area contributed by atoms with Crippen LogP contribution in [0.4, 0.5) is 5.69 Å². The average molecular weight is 553 g/mol. The molecule has 13 atom stereocenters. The summed E-state index contributed by atoms with van der Waals surface area (Å²) in [5.74, 6) is 7.97. The molecule has 0 unspecified atom stereocenters. The number of nitrogens with two attached hydrogens (primary N) is 1. The summed E-state index contributed by atoms with van der Waals surface area (Å²) in [4.78, 5) is 12.6. The Morgan fingerprint density at radius 3 is 2.46 bits per heavy atom. The fraction of sp³-hybridized carbons (Fsp3) is 0.711. The molecule has 0 heterocycles. The lowest BCUT2D eigenvalue weighted by Gasteiger charge is -2.38. The molecule has 3 N–H and O–H groups in total. The first-order chi connectivity index (χ1) is 20.1. The maximum atomic E-state index is 12.6. The first-order valence-corrected chi connectivity index (χ1v) is 17.5. The van der Waals surface area contributed by atoms with Crippen molar-refractivity contribution in [2.75, 3.05) is 5.32 Å². The quantitative estimate of drug-likeness (QED) is 0.277. The normalized spacial score (nSPS) is 47.5. The number of para-hydroxylation sites is 1. The SMILES string of the molecule is C=C1CC[C@@H]2[C@H]([C@@H]3C[C@@H](C4CCCCC4)C[C@H]13)[C@]2([C@@H](N)C=O)[C@H]1C=C[C@@H]2[C@@H](C[C@H]3[C@H]2CC[C@@H]3Nc2ccccc2)C1. The number of anilines is 1. The van der Waals surface area contributed by atoms with E-state index in [1.54, 1.807) is 0 Å². The Morgan fingerprint density at radius 2 is 1.66 bits per heavy atom. The Kier molecular flexibility index (Phi) is 6.77. The van der Waals surface area contributed by atoms with Crippen LogP contribution >= 0.6 is 0 Å². The van der Waals surface area contributed by atoms with E-state index in [4.69, 9.17) is 5.73 Å². The maximum absolute atomic E-state index is 12.6. The molecule has 0 saturated heterocycles. The second-order valence-electron chi connectivity index (χ2n) is 15.7. The molecule has 7 aliphatic carbocycles. The lowest BCUT2D eigenvalue weighted by Crippen LogP contribution is -2.43. The summed E-state index contributed by atoms with van der Waals surface area (Å²) in [5, 5.41) is 3.91. The third-order valence-corrected chi connectivity index (χ3v) is 14.4. The molecule has 0 spiro atoms. The van der Waals surface area contributed by atoms with Gasteiger partial charge in [0.05, 0.1) is 6.04 Å². The van der Waals surface area contributed by atoms with Crippen molar-refractivity contribution in [2.24, 2.45) is 76.2 Å². The van der Waals surface area contributed by atoms with E-state index in [1.165, 1.54) is 88.3 Å². The van der Waals surface area contributed by atoms with Crippen LogP contribution in [0.3, 0.4) is 0 Å². The summed E-state index contributed by atoms with van der Waals surface area (Å²) in [6, 6.07) is 11.1. The van der Waals surface area contributed by atoms with E-state index >= 15 is 0 Å². The highest BCUT2D eigenvalue weighted by Gasteiger charge is 2.74. The lowest BCUT2D eigenvalue weighted by atomic mass is 9.67. The second kappa shape index (κ2) is 10.4. The summed E-state index contributed by atoms with van der Waals surface area (Å²) >= 11 is 0. The molecular weight excluding hydrogens is 500 g/mol. The monoisotopic (exact) mass is 552 g/mol. The minimum Gasteiger partial charge on any atom is -0.382 e. The summed E-state index contributed by atoms with van der Waals surface area (Å²) in [6.45, 7) is 4.67. The summed E-state index contributed by atoms with van der Waals surface area (Å²) in [5.41, 5.74) is 9.76. The van der Waals surface area contributed by atoms with Crippen LogP contribution in [0.25, 0.3) is 0 Å². The van der Waals surface area contributed by atoms with Gasteiger partial charge in [-0.15, -0.1) is 0 Å². The van der Waals surface area contributed by atoms with Gasteiger partial charge in [-0.1, -0.05) is 74.6 Å². The lowest BCUT2D eigenvalue weighted by molar-refractivity contribution is -0.111. The number of carbonyl (C=O) groups is 1. The van der Waals surface area contributed by atoms with Gasteiger partial charge < -0.3 is 15.8 Å². The van der Waals surface area contributed by atoms with Gasteiger partial charge in [0.2, 0.25) is 0 Å². The molecule has 0 aromatic heterocycles. The molecule has 0 amide bonds. The molecule has 7 aliphatic rings. The maximum Gasteiger partial charge on any atom is 0.137 e. The van der Waals surface area contributed by atoms with Gasteiger partial charge >= 0.3 is 0 Å². The van der Waals surface area contributed by atoms with Crippen LogP contribution in [0.5, 0.6) is 0 Å². The van der Waals surface area contributed by atoms with Crippen LogP contribution in [-0.4, -0.2) is 18.4 Å². The molecule has 3 nitrogen and oxygen atoms in total. The number of hydrogen-bond acceptors (Lipinski definition) is 3. The van der Waals surface area contributed by atoms with E-state index in [0.29, 0.717) is 35.6 Å². The molecule has 6 fully saturated rings. The van der Waals surface area contributed by atoms with Crippen molar-refractivity contribution < 1.29 is 4.79 Å². The van der Waals surface area contributed by atoms with Gasteiger partial charge in [-0.05, 0) is 129 Å². The molecule has 3 heteroatoms. The zero-order valence-corrected chi connectivity index (χ0v) is 25.0. The van der Waals surface area contributed by atoms with Crippen molar-refractivity contribution in [1.29, 1.82) is 0 Å². The number of nitrogens with one attached hydrogen (secondary N) is 1. The van der Waals surface area contributed by atoms with Crippen molar-refractivity contribution in [3.8, 4) is 0 Å². The largest absolute Gasteiger partial charge is 0.382 e. The predicted molar refractivity (Wildman–Crippen MR) is 167 cm³/mol. The van der Waals surface area contributed by atoms with Crippen LogP contribution in [0.2, 0.25) is 0 Å². The molecule has 220 valence electrons. The van der Waals surface area contributed by atoms with Gasteiger partial charge in [-0.3, -0.25) is 0 Å². The zero-order chi connectivity index (χ0) is 27.7. The smallest absolute Gasteiger partial charge is 0.137 e. The Bertz CT molecular complexity index is 1170. The number of allylic oxidation sites excluding steroid dienone is 3. The summed E-state index contributed by atoms with van der Waals surface area (Å²) < 4.78 is 0. The van der Waals surface area contributed by atoms with Crippen molar-refractivity contribution >= 4 is 12.0 Å². The molecule has 1 aromatic carbocycles. The Balaban J connectivity index is 1.03. The van der Waals surface area contributed by atoms with E-state index in [1.807, 2.05) is 0 Å². The van der Waals surface area contributed by atoms with Crippen LogP contribution < -0.4 is 11.1 Å². The Morgan fingerprint density at radius 1 is 0.854 bits per heavy atom. The fourth-order valence-corrected chi connectivity index (χ4v) is 12.8. The van der Waals surface area contributed by atoms with Gasteiger partial charge in [-0.25, -0.2) is 0 Å².